The van der Waals surface area contributed by atoms with Crippen LogP contribution in [-0.4, -0.2) is 74.7 Å². The normalized spacial score (nSPS) is 15.8. The Hall–Kier alpha value is -2.37. The fourth-order valence-corrected chi connectivity index (χ4v) is 4.29. The molecule has 5 nitrogen and oxygen atoms in total. The Morgan fingerprint density at radius 1 is 0.812 bits per heavy atom. The minimum Gasteiger partial charge on any atom is -0.357 e. The van der Waals surface area contributed by atoms with E-state index in [1.807, 2.05) is 0 Å². The number of hydrogen-bond acceptors (Lipinski definition) is 3. The van der Waals surface area contributed by atoms with Crippen molar-refractivity contribution in [1.82, 2.24) is 20.4 Å². The van der Waals surface area contributed by atoms with Gasteiger partial charge in [0.25, 0.3) is 0 Å². The largest absolute Gasteiger partial charge is 0.357 e. The maximum Gasteiger partial charge on any atom is 0.191 e. The second-order valence-electron chi connectivity index (χ2n) is 8.50. The lowest BCUT2D eigenvalue weighted by Crippen LogP contribution is -2.46. The number of guanidine groups is 1. The lowest BCUT2D eigenvalue weighted by Gasteiger charge is -2.34. The van der Waals surface area contributed by atoms with Crippen LogP contribution < -0.4 is 10.6 Å². The third-order valence-electron chi connectivity index (χ3n) is 6.29. The standard InChI is InChI=1S/C27H41N5/c1-3-28-27(29-17-11-12-18-32-21-19-31(4-2)20-22-32)30-23-26(24-13-7-5-8-14-24)25-15-9-6-10-16-25/h5-10,13-16,26H,3-4,11-12,17-23H2,1-2H3,(H2,28,29,30). The molecule has 1 saturated heterocycles. The highest BCUT2D eigenvalue weighted by Gasteiger charge is 2.15. The molecule has 2 aromatic rings. The maximum atomic E-state index is 4.95. The van der Waals surface area contributed by atoms with Crippen LogP contribution in [0.4, 0.5) is 0 Å². The highest BCUT2D eigenvalue weighted by Crippen LogP contribution is 2.24. The summed E-state index contributed by atoms with van der Waals surface area (Å²) in [5.41, 5.74) is 2.61. The molecule has 32 heavy (non-hydrogen) atoms. The molecule has 0 bridgehead atoms. The van der Waals surface area contributed by atoms with E-state index in [0.29, 0.717) is 0 Å². The van der Waals surface area contributed by atoms with E-state index in [2.05, 4.69) is 94.9 Å². The van der Waals surface area contributed by atoms with Crippen LogP contribution in [0.1, 0.15) is 43.7 Å². The average molecular weight is 436 g/mol. The predicted octanol–water partition coefficient (Wildman–Crippen LogP) is 3.79. The average Bonchev–Trinajstić information content (AvgIpc) is 2.85. The number of nitrogens with zero attached hydrogens (tertiary/aromatic N) is 3. The fraction of sp³-hybridized carbons (Fsp3) is 0.519. The lowest BCUT2D eigenvalue weighted by atomic mass is 9.91. The molecule has 1 heterocycles. The Morgan fingerprint density at radius 2 is 1.41 bits per heavy atom. The Bertz CT molecular complexity index is 730. The summed E-state index contributed by atoms with van der Waals surface area (Å²) < 4.78 is 0. The van der Waals surface area contributed by atoms with E-state index in [-0.39, 0.29) is 5.92 Å². The summed E-state index contributed by atoms with van der Waals surface area (Å²) in [6, 6.07) is 21.4. The van der Waals surface area contributed by atoms with E-state index in [1.165, 1.54) is 63.2 Å². The van der Waals surface area contributed by atoms with Crippen molar-refractivity contribution in [2.45, 2.75) is 32.6 Å². The monoisotopic (exact) mass is 435 g/mol. The summed E-state index contributed by atoms with van der Waals surface area (Å²) in [6.07, 6.45) is 2.40. The van der Waals surface area contributed by atoms with E-state index in [1.54, 1.807) is 0 Å². The number of aliphatic imine (C=N–C) groups is 1. The van der Waals surface area contributed by atoms with Gasteiger partial charge in [0.15, 0.2) is 5.96 Å². The smallest absolute Gasteiger partial charge is 0.191 e. The Balaban J connectivity index is 1.48. The third kappa shape index (κ3) is 7.95. The summed E-state index contributed by atoms with van der Waals surface area (Å²) in [5.74, 6) is 1.18. The second-order valence-corrected chi connectivity index (χ2v) is 8.50. The van der Waals surface area contributed by atoms with Crippen molar-refractivity contribution in [3.8, 4) is 0 Å². The van der Waals surface area contributed by atoms with E-state index in [9.17, 15) is 0 Å². The van der Waals surface area contributed by atoms with Gasteiger partial charge in [-0.05, 0) is 44.0 Å². The second kappa shape index (κ2) is 13.9. The number of likely N-dealkylation sites (N-methyl/N-ethyl adjacent to an activating group) is 1. The molecule has 0 amide bonds. The van der Waals surface area contributed by atoms with Crippen molar-refractivity contribution >= 4 is 5.96 Å². The van der Waals surface area contributed by atoms with Crippen LogP contribution >= 0.6 is 0 Å². The van der Waals surface area contributed by atoms with Crippen LogP contribution in [-0.2, 0) is 0 Å². The summed E-state index contributed by atoms with van der Waals surface area (Å²) in [6.45, 7) is 14.2. The first-order chi connectivity index (χ1) is 15.8. The van der Waals surface area contributed by atoms with Crippen LogP contribution in [0.2, 0.25) is 0 Å². The molecule has 0 aliphatic carbocycles. The van der Waals surface area contributed by atoms with Gasteiger partial charge in [-0.25, -0.2) is 0 Å². The van der Waals surface area contributed by atoms with Crippen LogP contribution in [0.3, 0.4) is 0 Å². The number of hydrogen-bond donors (Lipinski definition) is 2. The van der Waals surface area contributed by atoms with E-state index >= 15 is 0 Å². The highest BCUT2D eigenvalue weighted by molar-refractivity contribution is 5.79. The number of piperazine rings is 1. The van der Waals surface area contributed by atoms with Gasteiger partial charge in [-0.2, -0.15) is 0 Å². The van der Waals surface area contributed by atoms with Crippen LogP contribution in [0.5, 0.6) is 0 Å². The molecule has 1 fully saturated rings. The number of nitrogens with one attached hydrogen (secondary N) is 2. The molecule has 5 heteroatoms. The van der Waals surface area contributed by atoms with Crippen molar-refractivity contribution in [3.63, 3.8) is 0 Å². The van der Waals surface area contributed by atoms with Gasteiger partial charge in [0.05, 0.1) is 6.54 Å². The highest BCUT2D eigenvalue weighted by atomic mass is 15.3. The minimum atomic E-state index is 0.259. The van der Waals surface area contributed by atoms with Gasteiger partial charge >= 0.3 is 0 Å². The Kier molecular flexibility index (Phi) is 10.6. The first kappa shape index (κ1) is 24.3. The van der Waals surface area contributed by atoms with E-state index < -0.39 is 0 Å². The van der Waals surface area contributed by atoms with Crippen molar-refractivity contribution in [1.29, 1.82) is 0 Å². The SMILES string of the molecule is CCNC(=NCC(c1ccccc1)c1ccccc1)NCCCCN1CCN(CC)CC1. The molecule has 174 valence electrons. The molecule has 1 aliphatic heterocycles. The summed E-state index contributed by atoms with van der Waals surface area (Å²) in [4.78, 5) is 10.1. The van der Waals surface area contributed by atoms with Crippen molar-refractivity contribution < 1.29 is 0 Å². The summed E-state index contributed by atoms with van der Waals surface area (Å²) in [5, 5.41) is 6.96. The van der Waals surface area contributed by atoms with Crippen LogP contribution in [0.15, 0.2) is 65.7 Å². The van der Waals surface area contributed by atoms with Gasteiger partial charge in [-0.3, -0.25) is 4.99 Å². The van der Waals surface area contributed by atoms with Gasteiger partial charge in [0.2, 0.25) is 0 Å². The molecular weight excluding hydrogens is 394 g/mol. The summed E-state index contributed by atoms with van der Waals surface area (Å²) >= 11 is 0. The molecule has 0 aromatic heterocycles. The van der Waals surface area contributed by atoms with Crippen LogP contribution in [0, 0.1) is 0 Å². The van der Waals surface area contributed by atoms with Gasteiger partial charge < -0.3 is 20.4 Å². The number of unbranched alkanes of at least 4 members (excludes halogenated alkanes) is 1. The Morgan fingerprint density at radius 3 is 1.97 bits per heavy atom. The van der Waals surface area contributed by atoms with Crippen molar-refractivity contribution in [2.24, 2.45) is 4.99 Å². The Labute approximate surface area is 194 Å². The van der Waals surface area contributed by atoms with Gasteiger partial charge in [0, 0.05) is 45.2 Å². The van der Waals surface area contributed by atoms with Crippen molar-refractivity contribution in [3.05, 3.63) is 71.8 Å². The molecule has 0 saturated carbocycles. The van der Waals surface area contributed by atoms with Gasteiger partial charge in [-0.1, -0.05) is 67.6 Å². The summed E-state index contributed by atoms with van der Waals surface area (Å²) in [7, 11) is 0. The molecule has 0 radical (unpaired) electrons. The zero-order chi connectivity index (χ0) is 22.4. The first-order valence-electron chi connectivity index (χ1n) is 12.4. The van der Waals surface area contributed by atoms with E-state index in [4.69, 9.17) is 4.99 Å². The van der Waals surface area contributed by atoms with E-state index in [0.717, 1.165) is 25.6 Å². The topological polar surface area (TPSA) is 42.9 Å². The minimum absolute atomic E-state index is 0.259. The first-order valence-corrected chi connectivity index (χ1v) is 12.4. The zero-order valence-corrected chi connectivity index (χ0v) is 20.0. The third-order valence-corrected chi connectivity index (χ3v) is 6.29. The lowest BCUT2D eigenvalue weighted by molar-refractivity contribution is 0.136. The molecule has 0 spiro atoms. The van der Waals surface area contributed by atoms with Crippen molar-refractivity contribution in [2.75, 3.05) is 58.9 Å². The van der Waals surface area contributed by atoms with Crippen LogP contribution in [0.25, 0.3) is 0 Å². The molecule has 3 rings (SSSR count). The molecule has 0 atom stereocenters. The fourth-order valence-electron chi connectivity index (χ4n) is 4.29. The molecule has 2 aromatic carbocycles. The number of rotatable bonds is 11. The molecule has 2 N–H and O–H groups in total. The zero-order valence-electron chi connectivity index (χ0n) is 20.0. The van der Waals surface area contributed by atoms with Gasteiger partial charge in [-0.15, -0.1) is 0 Å². The number of benzene rings is 2. The molecular formula is C27H41N5. The molecule has 0 unspecified atom stereocenters. The molecule has 1 aliphatic rings. The predicted molar refractivity (Wildman–Crippen MR) is 136 cm³/mol. The quantitative estimate of drug-likeness (QED) is 0.320. The maximum absolute atomic E-state index is 4.95. The van der Waals surface area contributed by atoms with Gasteiger partial charge in [0.1, 0.15) is 0 Å².